The molecule has 1 aliphatic carbocycles. The van der Waals surface area contributed by atoms with Gasteiger partial charge in [-0.15, -0.1) is 0 Å². The average Bonchev–Trinajstić information content (AvgIpc) is 2.75. The van der Waals surface area contributed by atoms with Gasteiger partial charge in [-0.2, -0.15) is 0 Å². The Morgan fingerprint density at radius 2 is 1.69 bits per heavy atom. The molecule has 2 aromatic rings. The molecular formula is C24H26F2O3. The predicted molar refractivity (Wildman–Crippen MR) is 106 cm³/mol. The second-order valence-electron chi connectivity index (χ2n) is 7.62. The van der Waals surface area contributed by atoms with Gasteiger partial charge in [-0.25, -0.2) is 8.78 Å². The Bertz CT molecular complexity index is 842. The van der Waals surface area contributed by atoms with Gasteiger partial charge in [0.25, 0.3) is 0 Å². The first-order chi connectivity index (χ1) is 14.0. The average molecular weight is 400 g/mol. The number of ketones is 1. The van der Waals surface area contributed by atoms with E-state index in [0.717, 1.165) is 25.0 Å². The summed E-state index contributed by atoms with van der Waals surface area (Å²) in [6.07, 6.45) is 3.23. The summed E-state index contributed by atoms with van der Waals surface area (Å²) >= 11 is 0. The Morgan fingerprint density at radius 3 is 2.31 bits per heavy atom. The highest BCUT2D eigenvalue weighted by molar-refractivity contribution is 6.00. The molecule has 2 aromatic carbocycles. The summed E-state index contributed by atoms with van der Waals surface area (Å²) in [5, 5.41) is 0. The van der Waals surface area contributed by atoms with E-state index >= 15 is 0 Å². The summed E-state index contributed by atoms with van der Waals surface area (Å²) in [7, 11) is 0. The van der Waals surface area contributed by atoms with Crippen molar-refractivity contribution in [3.63, 3.8) is 0 Å². The maximum Gasteiger partial charge on any atom is 0.316 e. The molecule has 0 aliphatic heterocycles. The van der Waals surface area contributed by atoms with Gasteiger partial charge in [0.05, 0.1) is 6.61 Å². The molecule has 1 aliphatic rings. The summed E-state index contributed by atoms with van der Waals surface area (Å²) < 4.78 is 31.9. The van der Waals surface area contributed by atoms with Gasteiger partial charge in [0.1, 0.15) is 5.92 Å². The molecule has 1 saturated carbocycles. The van der Waals surface area contributed by atoms with Crippen molar-refractivity contribution in [1.82, 2.24) is 0 Å². The number of carbonyl (C=O) groups excluding carboxylic acids is 2. The largest absolute Gasteiger partial charge is 0.465 e. The summed E-state index contributed by atoms with van der Waals surface area (Å²) in [5.41, 5.74) is 1.69. The zero-order valence-corrected chi connectivity index (χ0v) is 16.6. The van der Waals surface area contributed by atoms with Crippen molar-refractivity contribution in [2.45, 2.75) is 44.9 Å². The molecule has 154 valence electrons. The second kappa shape index (κ2) is 9.77. The number of rotatable bonds is 7. The number of carbonyl (C=O) groups is 2. The van der Waals surface area contributed by atoms with Crippen LogP contribution in [0.15, 0.2) is 48.5 Å². The highest BCUT2D eigenvalue weighted by Gasteiger charge is 2.36. The maximum absolute atomic E-state index is 13.6. The number of esters is 1. The van der Waals surface area contributed by atoms with Gasteiger partial charge in [0.15, 0.2) is 17.4 Å². The smallest absolute Gasteiger partial charge is 0.316 e. The third-order valence-electron chi connectivity index (χ3n) is 5.74. The van der Waals surface area contributed by atoms with Gasteiger partial charge in [0, 0.05) is 5.92 Å². The molecule has 1 fully saturated rings. The van der Waals surface area contributed by atoms with Gasteiger partial charge in [-0.1, -0.05) is 36.4 Å². The molecule has 0 bridgehead atoms. The molecule has 0 saturated heterocycles. The Labute approximate surface area is 170 Å². The molecule has 0 amide bonds. The van der Waals surface area contributed by atoms with E-state index in [4.69, 9.17) is 4.74 Å². The van der Waals surface area contributed by atoms with E-state index < -0.39 is 23.5 Å². The molecule has 1 atom stereocenters. The van der Waals surface area contributed by atoms with Crippen LogP contribution in [-0.4, -0.2) is 18.4 Å². The minimum atomic E-state index is -0.988. The minimum absolute atomic E-state index is 0.0213. The normalized spacial score (nSPS) is 20.1. The predicted octanol–water partition coefficient (Wildman–Crippen LogP) is 5.23. The zero-order valence-electron chi connectivity index (χ0n) is 16.6. The molecule has 5 heteroatoms. The van der Waals surface area contributed by atoms with Crippen LogP contribution in [0, 0.1) is 23.5 Å². The summed E-state index contributed by atoms with van der Waals surface area (Å²) in [5.74, 6) is -3.46. The fraction of sp³-hybridized carbons (Fsp3) is 0.417. The molecule has 3 rings (SSSR count). The fourth-order valence-electron chi connectivity index (χ4n) is 4.17. The number of halogens is 2. The SMILES string of the molecule is CCOC(=O)C(Cc1ccc(F)c(F)c1)C(=O)[C@H]1CC[C@H](c2ccccc2)CC1. The number of benzene rings is 2. The lowest BCUT2D eigenvalue weighted by Crippen LogP contribution is -2.34. The molecule has 0 radical (unpaired) electrons. The number of hydrogen-bond donors (Lipinski definition) is 0. The Balaban J connectivity index is 1.69. The van der Waals surface area contributed by atoms with Gasteiger partial charge in [-0.3, -0.25) is 9.59 Å². The van der Waals surface area contributed by atoms with E-state index in [1.165, 1.54) is 11.6 Å². The van der Waals surface area contributed by atoms with Crippen molar-refractivity contribution >= 4 is 11.8 Å². The van der Waals surface area contributed by atoms with Gasteiger partial charge >= 0.3 is 5.97 Å². The zero-order chi connectivity index (χ0) is 20.8. The van der Waals surface area contributed by atoms with Crippen LogP contribution in [0.2, 0.25) is 0 Å². The lowest BCUT2D eigenvalue weighted by Gasteiger charge is -2.29. The summed E-state index contributed by atoms with van der Waals surface area (Å²) in [6, 6.07) is 13.7. The van der Waals surface area contributed by atoms with Crippen molar-refractivity contribution in [2.24, 2.45) is 11.8 Å². The second-order valence-corrected chi connectivity index (χ2v) is 7.62. The Morgan fingerprint density at radius 1 is 1.00 bits per heavy atom. The quantitative estimate of drug-likeness (QED) is 0.472. The number of hydrogen-bond acceptors (Lipinski definition) is 3. The summed E-state index contributed by atoms with van der Waals surface area (Å²) in [4.78, 5) is 25.6. The summed E-state index contributed by atoms with van der Waals surface area (Å²) in [6.45, 7) is 1.85. The van der Waals surface area contributed by atoms with Crippen LogP contribution in [-0.2, 0) is 20.7 Å². The minimum Gasteiger partial charge on any atom is -0.465 e. The molecule has 1 unspecified atom stereocenters. The standard InChI is InChI=1S/C24H26F2O3/c1-2-29-24(28)20(14-16-8-13-21(25)22(26)15-16)23(27)19-11-9-18(10-12-19)17-6-4-3-5-7-17/h3-8,13,15,18-20H,2,9-12,14H2,1H3/t18-,19-,20?. The fourth-order valence-corrected chi connectivity index (χ4v) is 4.17. The van der Waals surface area contributed by atoms with Gasteiger partial charge in [-0.05, 0) is 68.2 Å². The van der Waals surface area contributed by atoms with Crippen LogP contribution in [0.3, 0.4) is 0 Å². The first-order valence-corrected chi connectivity index (χ1v) is 10.2. The molecular weight excluding hydrogens is 374 g/mol. The molecule has 0 spiro atoms. The third kappa shape index (κ3) is 5.28. The van der Waals surface area contributed by atoms with E-state index in [0.29, 0.717) is 24.3 Å². The van der Waals surface area contributed by atoms with Gasteiger partial charge < -0.3 is 4.74 Å². The van der Waals surface area contributed by atoms with Crippen LogP contribution >= 0.6 is 0 Å². The maximum atomic E-state index is 13.6. The van der Waals surface area contributed by atoms with E-state index in [9.17, 15) is 18.4 Å². The Kier molecular flexibility index (Phi) is 7.13. The van der Waals surface area contributed by atoms with E-state index in [2.05, 4.69) is 12.1 Å². The first kappa shape index (κ1) is 21.2. The van der Waals surface area contributed by atoms with Crippen molar-refractivity contribution in [3.05, 3.63) is 71.3 Å². The van der Waals surface area contributed by atoms with Crippen LogP contribution in [0.4, 0.5) is 8.78 Å². The highest BCUT2D eigenvalue weighted by Crippen LogP contribution is 2.37. The van der Waals surface area contributed by atoms with Crippen LogP contribution in [0.5, 0.6) is 0 Å². The number of Topliss-reactive ketones (excluding diaryl/α,β-unsaturated/α-hetero) is 1. The molecule has 29 heavy (non-hydrogen) atoms. The molecule has 3 nitrogen and oxygen atoms in total. The highest BCUT2D eigenvalue weighted by atomic mass is 19.2. The van der Waals surface area contributed by atoms with Crippen LogP contribution in [0.25, 0.3) is 0 Å². The van der Waals surface area contributed by atoms with Crippen LogP contribution in [0.1, 0.15) is 49.7 Å². The topological polar surface area (TPSA) is 43.4 Å². The lowest BCUT2D eigenvalue weighted by atomic mass is 9.74. The van der Waals surface area contributed by atoms with Crippen molar-refractivity contribution < 1.29 is 23.1 Å². The lowest BCUT2D eigenvalue weighted by molar-refractivity contribution is -0.152. The van der Waals surface area contributed by atoms with E-state index in [1.54, 1.807) is 6.92 Å². The molecule has 0 N–H and O–H groups in total. The molecule has 0 aromatic heterocycles. The van der Waals surface area contributed by atoms with Crippen molar-refractivity contribution in [2.75, 3.05) is 6.61 Å². The number of ether oxygens (including phenoxy) is 1. The first-order valence-electron chi connectivity index (χ1n) is 10.2. The van der Waals surface area contributed by atoms with E-state index in [-0.39, 0.29) is 24.7 Å². The monoisotopic (exact) mass is 400 g/mol. The van der Waals surface area contributed by atoms with Crippen molar-refractivity contribution in [3.8, 4) is 0 Å². The van der Waals surface area contributed by atoms with Crippen LogP contribution < -0.4 is 0 Å². The third-order valence-corrected chi connectivity index (χ3v) is 5.74. The van der Waals surface area contributed by atoms with E-state index in [1.807, 2.05) is 18.2 Å². The van der Waals surface area contributed by atoms with Gasteiger partial charge in [0.2, 0.25) is 0 Å². The Hall–Kier alpha value is -2.56. The van der Waals surface area contributed by atoms with Crippen molar-refractivity contribution in [1.29, 1.82) is 0 Å². The molecule has 0 heterocycles.